The molecule has 0 heterocycles. The van der Waals surface area contributed by atoms with Gasteiger partial charge in [-0.3, -0.25) is 4.79 Å². The largest absolute Gasteiger partial charge is 0.462 e. The number of amides is 1. The maximum absolute atomic E-state index is 11.1. The third-order valence-corrected chi connectivity index (χ3v) is 3.06. The number of hydrogen-bond acceptors (Lipinski definition) is 4. The highest BCUT2D eigenvalue weighted by Crippen LogP contribution is 2.22. The second-order valence-corrected chi connectivity index (χ2v) is 6.25. The Hall–Kier alpha value is -1.36. The summed E-state index contributed by atoms with van der Waals surface area (Å²) >= 11 is 0. The predicted molar refractivity (Wildman–Crippen MR) is 79.7 cm³/mol. The average Bonchev–Trinajstić information content (AvgIpc) is 2.29. The number of primary amides is 1. The molecule has 2 atom stereocenters. The van der Waals surface area contributed by atoms with Crippen molar-refractivity contribution in [1.29, 1.82) is 0 Å². The Balaban J connectivity index is 4.25. The molecule has 5 nitrogen and oxygen atoms in total. The fourth-order valence-corrected chi connectivity index (χ4v) is 2.31. The lowest BCUT2D eigenvalue weighted by atomic mass is 9.87. The van der Waals surface area contributed by atoms with Gasteiger partial charge in [-0.1, -0.05) is 19.9 Å². The van der Waals surface area contributed by atoms with Crippen molar-refractivity contribution in [3.63, 3.8) is 0 Å². The molecule has 5 heteroatoms. The van der Waals surface area contributed by atoms with E-state index in [9.17, 15) is 9.59 Å². The molecule has 0 aliphatic rings. The standard InChI is InChI=1S/C15H28N2O3/c1-5-14(19)20-10-12(8-13(16)18)7-6-11(2)9-15(3,4)17/h5,11-12H,1,6-10,17H2,2-4H3,(H2,16,18). The molecule has 0 spiro atoms. The van der Waals surface area contributed by atoms with Crippen LogP contribution < -0.4 is 11.5 Å². The monoisotopic (exact) mass is 284 g/mol. The van der Waals surface area contributed by atoms with Crippen molar-refractivity contribution in [2.75, 3.05) is 6.61 Å². The van der Waals surface area contributed by atoms with E-state index < -0.39 is 5.97 Å². The summed E-state index contributed by atoms with van der Waals surface area (Å²) in [6, 6.07) is 0. The van der Waals surface area contributed by atoms with E-state index in [2.05, 4.69) is 13.5 Å². The minimum Gasteiger partial charge on any atom is -0.462 e. The van der Waals surface area contributed by atoms with Gasteiger partial charge in [0.1, 0.15) is 0 Å². The van der Waals surface area contributed by atoms with E-state index in [1.54, 1.807) is 0 Å². The van der Waals surface area contributed by atoms with Crippen molar-refractivity contribution in [2.45, 2.75) is 52.0 Å². The molecule has 2 unspecified atom stereocenters. The molecule has 116 valence electrons. The Morgan fingerprint density at radius 2 is 1.95 bits per heavy atom. The maximum Gasteiger partial charge on any atom is 0.330 e. The van der Waals surface area contributed by atoms with Gasteiger partial charge in [0.05, 0.1) is 6.61 Å². The molecule has 1 amide bonds. The molecule has 0 aliphatic heterocycles. The summed E-state index contributed by atoms with van der Waals surface area (Å²) in [5.74, 6) is -0.452. The van der Waals surface area contributed by atoms with Crippen LogP contribution in [0, 0.1) is 11.8 Å². The highest BCUT2D eigenvalue weighted by Gasteiger charge is 2.19. The van der Waals surface area contributed by atoms with Crippen molar-refractivity contribution in [3.8, 4) is 0 Å². The third kappa shape index (κ3) is 10.6. The van der Waals surface area contributed by atoms with Crippen LogP contribution in [0.3, 0.4) is 0 Å². The summed E-state index contributed by atoms with van der Waals surface area (Å²) in [6.45, 7) is 9.66. The van der Waals surface area contributed by atoms with Crippen LogP contribution in [0.4, 0.5) is 0 Å². The zero-order valence-corrected chi connectivity index (χ0v) is 12.9. The predicted octanol–water partition coefficient (Wildman–Crippen LogP) is 1.75. The van der Waals surface area contributed by atoms with Crippen LogP contribution in [0.15, 0.2) is 12.7 Å². The number of rotatable bonds is 10. The van der Waals surface area contributed by atoms with E-state index in [1.165, 1.54) is 0 Å². The zero-order chi connectivity index (χ0) is 15.8. The summed E-state index contributed by atoms with van der Waals surface area (Å²) in [5.41, 5.74) is 11.0. The molecule has 0 saturated heterocycles. The van der Waals surface area contributed by atoms with E-state index in [0.717, 1.165) is 25.3 Å². The first-order valence-electron chi connectivity index (χ1n) is 7.00. The molecule has 20 heavy (non-hydrogen) atoms. The first-order chi connectivity index (χ1) is 9.14. The third-order valence-electron chi connectivity index (χ3n) is 3.06. The van der Waals surface area contributed by atoms with Gasteiger partial charge in [-0.25, -0.2) is 4.79 Å². The smallest absolute Gasteiger partial charge is 0.330 e. The number of carbonyl (C=O) groups excluding carboxylic acids is 2. The minimum atomic E-state index is -0.476. The molecular formula is C15H28N2O3. The molecule has 0 aromatic heterocycles. The SMILES string of the molecule is C=CC(=O)OCC(CCC(C)CC(C)(C)N)CC(N)=O. The number of ether oxygens (including phenoxy) is 1. The Bertz CT molecular complexity index is 335. The first-order valence-corrected chi connectivity index (χ1v) is 7.00. The quantitative estimate of drug-likeness (QED) is 0.472. The summed E-state index contributed by atoms with van der Waals surface area (Å²) in [5, 5.41) is 0. The fraction of sp³-hybridized carbons (Fsp3) is 0.733. The Labute approximate surface area is 121 Å². The van der Waals surface area contributed by atoms with E-state index in [0.29, 0.717) is 5.92 Å². The van der Waals surface area contributed by atoms with Crippen molar-refractivity contribution in [3.05, 3.63) is 12.7 Å². The van der Waals surface area contributed by atoms with Crippen LogP contribution in [-0.4, -0.2) is 24.0 Å². The highest BCUT2D eigenvalue weighted by molar-refractivity contribution is 5.81. The summed E-state index contributed by atoms with van der Waals surface area (Å²) in [4.78, 5) is 22.1. The van der Waals surface area contributed by atoms with Crippen molar-refractivity contribution in [2.24, 2.45) is 23.3 Å². The molecule has 0 aliphatic carbocycles. The van der Waals surface area contributed by atoms with Gasteiger partial charge in [0.2, 0.25) is 5.91 Å². The molecular weight excluding hydrogens is 256 g/mol. The Morgan fingerprint density at radius 1 is 1.35 bits per heavy atom. The van der Waals surface area contributed by atoms with Crippen LogP contribution in [0.1, 0.15) is 46.5 Å². The van der Waals surface area contributed by atoms with E-state index in [4.69, 9.17) is 16.2 Å². The van der Waals surface area contributed by atoms with Gasteiger partial charge in [0, 0.05) is 24.0 Å². The second-order valence-electron chi connectivity index (χ2n) is 6.25. The van der Waals surface area contributed by atoms with Gasteiger partial charge in [-0.05, 0) is 32.6 Å². The van der Waals surface area contributed by atoms with Crippen molar-refractivity contribution >= 4 is 11.9 Å². The molecule has 0 bridgehead atoms. The fourth-order valence-electron chi connectivity index (χ4n) is 2.31. The van der Waals surface area contributed by atoms with Gasteiger partial charge < -0.3 is 16.2 Å². The van der Waals surface area contributed by atoms with Gasteiger partial charge >= 0.3 is 5.97 Å². The minimum absolute atomic E-state index is 0.0419. The van der Waals surface area contributed by atoms with Crippen LogP contribution in [0.25, 0.3) is 0 Å². The van der Waals surface area contributed by atoms with Gasteiger partial charge in [0.15, 0.2) is 0 Å². The van der Waals surface area contributed by atoms with Crippen LogP contribution in [0.2, 0.25) is 0 Å². The topological polar surface area (TPSA) is 95.4 Å². The van der Waals surface area contributed by atoms with Crippen molar-refractivity contribution in [1.82, 2.24) is 0 Å². The second kappa shape index (κ2) is 8.74. The summed E-state index contributed by atoms with van der Waals surface area (Å²) in [6.07, 6.45) is 3.95. The van der Waals surface area contributed by atoms with Crippen LogP contribution in [0.5, 0.6) is 0 Å². The zero-order valence-electron chi connectivity index (χ0n) is 12.9. The van der Waals surface area contributed by atoms with Gasteiger partial charge in [-0.15, -0.1) is 0 Å². The van der Waals surface area contributed by atoms with Gasteiger partial charge in [-0.2, -0.15) is 0 Å². The molecule has 0 rings (SSSR count). The van der Waals surface area contributed by atoms with Gasteiger partial charge in [0.25, 0.3) is 0 Å². The Kier molecular flexibility index (Phi) is 8.15. The normalized spacial score (nSPS) is 14.4. The molecule has 4 N–H and O–H groups in total. The first kappa shape index (κ1) is 18.6. The number of nitrogens with two attached hydrogens (primary N) is 2. The lowest BCUT2D eigenvalue weighted by Crippen LogP contribution is -2.34. The lowest BCUT2D eigenvalue weighted by molar-refractivity contribution is -0.140. The Morgan fingerprint density at radius 3 is 2.40 bits per heavy atom. The van der Waals surface area contributed by atoms with E-state index in [1.807, 2.05) is 13.8 Å². The highest BCUT2D eigenvalue weighted by atomic mass is 16.5. The van der Waals surface area contributed by atoms with Crippen LogP contribution >= 0.6 is 0 Å². The molecule has 0 aromatic carbocycles. The number of hydrogen-bond donors (Lipinski definition) is 2. The lowest BCUT2D eigenvalue weighted by Gasteiger charge is -2.24. The summed E-state index contributed by atoms with van der Waals surface area (Å²) < 4.78 is 5.00. The van der Waals surface area contributed by atoms with E-state index >= 15 is 0 Å². The molecule has 0 radical (unpaired) electrons. The maximum atomic E-state index is 11.1. The molecule has 0 aromatic rings. The number of carbonyl (C=O) groups is 2. The number of esters is 1. The van der Waals surface area contributed by atoms with Crippen molar-refractivity contribution < 1.29 is 14.3 Å². The molecule has 0 saturated carbocycles. The average molecular weight is 284 g/mol. The summed E-state index contributed by atoms with van der Waals surface area (Å²) in [7, 11) is 0. The van der Waals surface area contributed by atoms with Crippen LogP contribution in [-0.2, 0) is 14.3 Å². The molecule has 0 fully saturated rings. The van der Waals surface area contributed by atoms with E-state index in [-0.39, 0.29) is 30.4 Å².